The van der Waals surface area contributed by atoms with E-state index in [0.717, 1.165) is 12.2 Å². The molecule has 1 aliphatic rings. The number of carboxylic acid groups (broad SMARTS) is 1. The average Bonchev–Trinajstić information content (AvgIpc) is 2.80. The van der Waals surface area contributed by atoms with Crippen molar-refractivity contribution in [3.05, 3.63) is 28.0 Å². The first-order valence-corrected chi connectivity index (χ1v) is 6.30. The molecule has 2 heterocycles. The van der Waals surface area contributed by atoms with Gasteiger partial charge in [0.2, 0.25) is 0 Å². The number of nitro groups is 1. The molecule has 0 spiro atoms. The van der Waals surface area contributed by atoms with Crippen LogP contribution in [0.15, 0.2) is 12.3 Å². The van der Waals surface area contributed by atoms with Crippen LogP contribution in [0.4, 0.5) is 5.82 Å². The Bertz CT molecular complexity index is 480. The van der Waals surface area contributed by atoms with Crippen molar-refractivity contribution in [2.45, 2.75) is 19.3 Å². The van der Waals surface area contributed by atoms with Gasteiger partial charge in [-0.05, 0) is 36.9 Å². The molecule has 2 rings (SSSR count). The second kappa shape index (κ2) is 8.05. The van der Waals surface area contributed by atoms with Gasteiger partial charge >= 0.3 is 11.8 Å². The number of aryl methyl sites for hydroxylation is 1. The number of nitrogens with zero attached hydrogens (tertiary/aromatic N) is 3. The fourth-order valence-corrected chi connectivity index (χ4v) is 1.72. The van der Waals surface area contributed by atoms with E-state index < -0.39 is 10.9 Å². The zero-order valence-electron chi connectivity index (χ0n) is 11.3. The summed E-state index contributed by atoms with van der Waals surface area (Å²) >= 11 is 0. The zero-order chi connectivity index (χ0) is 15.0. The first-order chi connectivity index (χ1) is 9.50. The third-order valence-corrected chi connectivity index (χ3v) is 2.62. The summed E-state index contributed by atoms with van der Waals surface area (Å²) in [6.45, 7) is 2.50. The largest absolute Gasteiger partial charge is 0.478 e. The molecule has 1 saturated heterocycles. The van der Waals surface area contributed by atoms with Crippen LogP contribution < -0.4 is 5.32 Å². The Balaban J connectivity index is 0.000000276. The molecule has 20 heavy (non-hydrogen) atoms. The third kappa shape index (κ3) is 5.61. The average molecular weight is 282 g/mol. The molecule has 0 unspecified atom stereocenters. The van der Waals surface area contributed by atoms with Crippen LogP contribution >= 0.6 is 0 Å². The smallest absolute Gasteiger partial charge is 0.397 e. The van der Waals surface area contributed by atoms with Gasteiger partial charge in [0.25, 0.3) is 0 Å². The van der Waals surface area contributed by atoms with Crippen molar-refractivity contribution >= 4 is 17.9 Å². The molecule has 1 aromatic heterocycles. The van der Waals surface area contributed by atoms with Crippen LogP contribution in [-0.4, -0.2) is 38.9 Å². The van der Waals surface area contributed by atoms with Crippen LogP contribution in [-0.2, 0) is 11.8 Å². The van der Waals surface area contributed by atoms with Crippen LogP contribution in [0.2, 0.25) is 0 Å². The van der Waals surface area contributed by atoms with Gasteiger partial charge in [-0.3, -0.25) is 0 Å². The first-order valence-electron chi connectivity index (χ1n) is 6.30. The minimum Gasteiger partial charge on any atom is -0.478 e. The molecule has 0 atom stereocenters. The van der Waals surface area contributed by atoms with Crippen LogP contribution in [0, 0.1) is 10.1 Å². The summed E-state index contributed by atoms with van der Waals surface area (Å²) in [5, 5.41) is 25.6. The molecule has 110 valence electrons. The lowest BCUT2D eigenvalue weighted by Crippen LogP contribution is -2.21. The number of carboxylic acids is 1. The lowest BCUT2D eigenvalue weighted by atomic mass is 10.2. The van der Waals surface area contributed by atoms with E-state index in [1.807, 2.05) is 0 Å². The molecule has 8 heteroatoms. The van der Waals surface area contributed by atoms with Gasteiger partial charge in [-0.2, -0.15) is 4.68 Å². The standard InChI is InChI=1S/C7H7N3O4.C5H11N/c1-9-4-5(2-3-6(11)12)7(8-9)10(13)14;1-2-4-6-5-3-1/h2-4H,1H3,(H,11,12);6H,1-5H2. The van der Waals surface area contributed by atoms with E-state index in [9.17, 15) is 14.9 Å². The van der Waals surface area contributed by atoms with Crippen molar-refractivity contribution in [2.24, 2.45) is 7.05 Å². The summed E-state index contributed by atoms with van der Waals surface area (Å²) in [5.74, 6) is -1.52. The van der Waals surface area contributed by atoms with E-state index in [-0.39, 0.29) is 11.4 Å². The molecule has 0 amide bonds. The van der Waals surface area contributed by atoms with Crippen LogP contribution in [0.1, 0.15) is 24.8 Å². The van der Waals surface area contributed by atoms with Gasteiger partial charge in [0.05, 0.1) is 23.9 Å². The second-order valence-corrected chi connectivity index (χ2v) is 4.32. The number of rotatable bonds is 3. The number of piperidine rings is 1. The predicted octanol–water partition coefficient (Wildman–Crippen LogP) is 1.19. The number of hydrogen-bond donors (Lipinski definition) is 2. The van der Waals surface area contributed by atoms with E-state index in [0.29, 0.717) is 0 Å². The van der Waals surface area contributed by atoms with Gasteiger partial charge in [-0.15, -0.1) is 0 Å². The van der Waals surface area contributed by atoms with Crippen molar-refractivity contribution in [3.63, 3.8) is 0 Å². The predicted molar refractivity (Wildman–Crippen MR) is 73.3 cm³/mol. The summed E-state index contributed by atoms with van der Waals surface area (Å²) in [4.78, 5) is 19.9. The fourth-order valence-electron chi connectivity index (χ4n) is 1.72. The van der Waals surface area contributed by atoms with Crippen LogP contribution in [0.5, 0.6) is 0 Å². The van der Waals surface area contributed by atoms with Gasteiger partial charge in [-0.25, -0.2) is 4.79 Å². The van der Waals surface area contributed by atoms with E-state index >= 15 is 0 Å². The highest BCUT2D eigenvalue weighted by molar-refractivity contribution is 5.85. The Morgan fingerprint density at radius 3 is 2.55 bits per heavy atom. The highest BCUT2D eigenvalue weighted by Gasteiger charge is 2.16. The third-order valence-electron chi connectivity index (χ3n) is 2.62. The Hall–Kier alpha value is -2.22. The van der Waals surface area contributed by atoms with Crippen molar-refractivity contribution in [1.29, 1.82) is 0 Å². The van der Waals surface area contributed by atoms with Crippen molar-refractivity contribution in [2.75, 3.05) is 13.1 Å². The molecular formula is C12H18N4O4. The molecule has 0 aromatic carbocycles. The number of aromatic nitrogens is 2. The molecule has 1 fully saturated rings. The van der Waals surface area contributed by atoms with Crippen molar-refractivity contribution in [1.82, 2.24) is 15.1 Å². The number of aliphatic carboxylic acids is 1. The minimum absolute atomic E-state index is 0.167. The van der Waals surface area contributed by atoms with Gasteiger partial charge in [-0.1, -0.05) is 6.42 Å². The maximum Gasteiger partial charge on any atom is 0.397 e. The van der Waals surface area contributed by atoms with Crippen molar-refractivity contribution < 1.29 is 14.8 Å². The fraction of sp³-hybridized carbons (Fsp3) is 0.500. The summed E-state index contributed by atoms with van der Waals surface area (Å²) in [6.07, 6.45) is 7.54. The Kier molecular flexibility index (Phi) is 6.38. The molecule has 0 saturated carbocycles. The second-order valence-electron chi connectivity index (χ2n) is 4.32. The van der Waals surface area contributed by atoms with E-state index in [1.54, 1.807) is 0 Å². The minimum atomic E-state index is -1.16. The van der Waals surface area contributed by atoms with Crippen molar-refractivity contribution in [3.8, 4) is 0 Å². The molecule has 8 nitrogen and oxygen atoms in total. The van der Waals surface area contributed by atoms with E-state index in [4.69, 9.17) is 5.11 Å². The number of nitrogens with one attached hydrogen (secondary N) is 1. The molecule has 0 aliphatic carbocycles. The van der Waals surface area contributed by atoms with Gasteiger partial charge in [0, 0.05) is 6.08 Å². The molecule has 0 bridgehead atoms. The summed E-state index contributed by atoms with van der Waals surface area (Å²) in [5.41, 5.74) is 0.167. The quantitative estimate of drug-likeness (QED) is 0.489. The van der Waals surface area contributed by atoms with Crippen LogP contribution in [0.3, 0.4) is 0 Å². The molecule has 1 aromatic rings. The molecular weight excluding hydrogens is 264 g/mol. The number of carbonyl (C=O) groups is 1. The van der Waals surface area contributed by atoms with Gasteiger partial charge in [0.15, 0.2) is 0 Å². The normalized spacial score (nSPS) is 14.7. The lowest BCUT2D eigenvalue weighted by molar-refractivity contribution is -0.390. The number of hydrogen-bond acceptors (Lipinski definition) is 5. The monoisotopic (exact) mass is 282 g/mol. The Labute approximate surface area is 116 Å². The highest BCUT2D eigenvalue weighted by atomic mass is 16.6. The topological polar surface area (TPSA) is 110 Å². The summed E-state index contributed by atoms with van der Waals surface area (Å²) in [7, 11) is 1.52. The van der Waals surface area contributed by atoms with E-state index in [2.05, 4.69) is 10.4 Å². The lowest BCUT2D eigenvalue weighted by Gasteiger charge is -2.08. The molecule has 2 N–H and O–H groups in total. The highest BCUT2D eigenvalue weighted by Crippen LogP contribution is 2.16. The maximum absolute atomic E-state index is 10.4. The van der Waals surface area contributed by atoms with Gasteiger partial charge in [0.1, 0.15) is 0 Å². The SMILES string of the molecule is C1CCNCC1.Cn1cc(C=CC(=O)O)c([N+](=O)[O-])n1. The Morgan fingerprint density at radius 2 is 2.15 bits per heavy atom. The maximum atomic E-state index is 10.4. The van der Waals surface area contributed by atoms with Crippen LogP contribution in [0.25, 0.3) is 6.08 Å². The summed E-state index contributed by atoms with van der Waals surface area (Å²) in [6, 6.07) is 0. The first kappa shape index (κ1) is 15.8. The molecule has 1 aliphatic heterocycles. The zero-order valence-corrected chi connectivity index (χ0v) is 11.3. The Morgan fingerprint density at radius 1 is 1.50 bits per heavy atom. The van der Waals surface area contributed by atoms with Gasteiger partial charge < -0.3 is 20.5 Å². The molecule has 0 radical (unpaired) electrons. The van der Waals surface area contributed by atoms with E-state index in [1.165, 1.54) is 50.3 Å². The summed E-state index contributed by atoms with van der Waals surface area (Å²) < 4.78 is 1.25.